The summed E-state index contributed by atoms with van der Waals surface area (Å²) in [6, 6.07) is 11.4. The number of rotatable bonds is 2. The number of carbonyl (C=O) groups is 1. The molecule has 33 heavy (non-hydrogen) atoms. The summed E-state index contributed by atoms with van der Waals surface area (Å²) in [5.41, 5.74) is 7.50. The molecule has 0 radical (unpaired) electrons. The Hall–Kier alpha value is -2.54. The molecule has 0 aromatic heterocycles. The van der Waals surface area contributed by atoms with Gasteiger partial charge in [0, 0.05) is 17.1 Å². The maximum absolute atomic E-state index is 10.9. The average molecular weight is 461 g/mol. The zero-order chi connectivity index (χ0) is 23.8. The van der Waals surface area contributed by atoms with Crippen molar-refractivity contribution in [2.45, 2.75) is 70.0 Å². The van der Waals surface area contributed by atoms with Gasteiger partial charge in [0.05, 0.1) is 5.69 Å². The Morgan fingerprint density at radius 2 is 1.79 bits per heavy atom. The summed E-state index contributed by atoms with van der Waals surface area (Å²) < 4.78 is 31.2. The van der Waals surface area contributed by atoms with Crippen molar-refractivity contribution in [1.82, 2.24) is 5.32 Å². The van der Waals surface area contributed by atoms with E-state index in [9.17, 15) is 18.3 Å². The van der Waals surface area contributed by atoms with Gasteiger partial charge < -0.3 is 15.7 Å². The zero-order valence-electron chi connectivity index (χ0n) is 19.1. The van der Waals surface area contributed by atoms with Gasteiger partial charge in [0.1, 0.15) is 5.75 Å². The number of piperidine rings is 1. The van der Waals surface area contributed by atoms with E-state index in [1.54, 1.807) is 0 Å². The van der Waals surface area contributed by atoms with Crippen molar-refractivity contribution in [1.29, 1.82) is 0 Å². The van der Waals surface area contributed by atoms with Crippen LogP contribution in [0.1, 0.15) is 54.4 Å². The van der Waals surface area contributed by atoms with Crippen LogP contribution in [0, 0.1) is 19.8 Å². The molecule has 2 aromatic rings. The van der Waals surface area contributed by atoms with E-state index >= 15 is 0 Å². The summed E-state index contributed by atoms with van der Waals surface area (Å²) in [5, 5.41) is 18.1. The van der Waals surface area contributed by atoms with Crippen LogP contribution < -0.4 is 10.6 Å². The molecule has 0 amide bonds. The predicted molar refractivity (Wildman–Crippen MR) is 123 cm³/mol. The molecule has 2 aliphatic carbocycles. The topological polar surface area (TPSA) is 61.4 Å². The second-order valence-corrected chi connectivity index (χ2v) is 9.71. The van der Waals surface area contributed by atoms with Crippen LogP contribution in [0.4, 0.5) is 24.5 Å². The second kappa shape index (κ2) is 9.01. The maximum atomic E-state index is 10.9. The number of benzene rings is 2. The number of hydrogen-bond acceptors (Lipinski definition) is 4. The van der Waals surface area contributed by atoms with Gasteiger partial charge in [-0.05, 0) is 98.5 Å². The van der Waals surface area contributed by atoms with E-state index in [1.807, 2.05) is 0 Å². The molecule has 4 nitrogen and oxygen atoms in total. The quantitative estimate of drug-likeness (QED) is 0.389. The molecule has 1 saturated carbocycles. The fourth-order valence-electron chi connectivity index (χ4n) is 6.27. The van der Waals surface area contributed by atoms with Gasteiger partial charge in [-0.15, -0.1) is 0 Å². The number of aromatic hydroxyl groups is 1. The van der Waals surface area contributed by atoms with Crippen LogP contribution in [0.25, 0.3) is 0 Å². The normalized spacial score (nSPS) is 25.7. The molecule has 3 atom stereocenters. The van der Waals surface area contributed by atoms with Crippen molar-refractivity contribution in [2.24, 2.45) is 5.92 Å². The van der Waals surface area contributed by atoms with Crippen LogP contribution in [0.15, 0.2) is 30.3 Å². The van der Waals surface area contributed by atoms with Gasteiger partial charge in [0.15, 0.2) is 0 Å². The van der Waals surface area contributed by atoms with Gasteiger partial charge in [0.25, 0.3) is 0 Å². The standard InChI is InChI=1S/C24H30N2O.C2HF3O/c1-15-9-16(2)11-18(10-15)26-22-13-17-12-21-19-5-3-4-6-24(19,7-8-25-21)20(17)14-23(22)27;3-2(4,5)1-6/h9-11,13-14,19,21,25-27H,3-8,12H2,1-2H3;1H/t19-,21+,24+;/m1./s1. The third-order valence-electron chi connectivity index (χ3n) is 7.39. The Morgan fingerprint density at radius 1 is 1.09 bits per heavy atom. The van der Waals surface area contributed by atoms with E-state index in [2.05, 4.69) is 54.8 Å². The van der Waals surface area contributed by atoms with E-state index < -0.39 is 12.5 Å². The third kappa shape index (κ3) is 4.88. The Morgan fingerprint density at radius 3 is 2.45 bits per heavy atom. The summed E-state index contributed by atoms with van der Waals surface area (Å²) in [7, 11) is 0. The highest BCUT2D eigenvalue weighted by Gasteiger charge is 2.51. The third-order valence-corrected chi connectivity index (χ3v) is 7.39. The van der Waals surface area contributed by atoms with Crippen LogP contribution in [0.5, 0.6) is 5.75 Å². The largest absolute Gasteiger partial charge is 0.506 e. The van der Waals surface area contributed by atoms with Crippen molar-refractivity contribution >= 4 is 17.7 Å². The van der Waals surface area contributed by atoms with Crippen LogP contribution in [-0.4, -0.2) is 30.2 Å². The number of alkyl halides is 3. The fraction of sp³-hybridized carbons (Fsp3) is 0.500. The number of hydrogen-bond donors (Lipinski definition) is 3. The summed E-state index contributed by atoms with van der Waals surface area (Å²) in [5.74, 6) is 1.13. The molecule has 2 aromatic carbocycles. The minimum atomic E-state index is -4.64. The Labute approximate surface area is 192 Å². The van der Waals surface area contributed by atoms with Crippen molar-refractivity contribution < 1.29 is 23.1 Å². The molecule has 1 heterocycles. The summed E-state index contributed by atoms with van der Waals surface area (Å²) >= 11 is 0. The summed E-state index contributed by atoms with van der Waals surface area (Å²) in [6.07, 6.45) is 1.90. The minimum absolute atomic E-state index is 0.289. The molecule has 1 saturated heterocycles. The number of phenolic OH excluding ortho intramolecular Hbond substituents is 1. The molecule has 3 aliphatic rings. The monoisotopic (exact) mass is 460 g/mol. The highest BCUT2D eigenvalue weighted by Crippen LogP contribution is 2.55. The average Bonchev–Trinajstić information content (AvgIpc) is 2.74. The van der Waals surface area contributed by atoms with Crippen molar-refractivity contribution in [3.63, 3.8) is 0 Å². The number of halogens is 3. The molecule has 0 spiro atoms. The SMILES string of the molecule is Cc1cc(C)cc(Nc2cc3c(cc2O)[C@]24CCCC[C@@H]2[C@H](C3)NCC4)c1.O=CC(F)(F)F. The molecule has 178 valence electrons. The highest BCUT2D eigenvalue weighted by atomic mass is 19.4. The maximum Gasteiger partial charge on any atom is 0.446 e. The molecule has 0 unspecified atom stereocenters. The predicted octanol–water partition coefficient (Wildman–Crippen LogP) is 5.85. The lowest BCUT2D eigenvalue weighted by molar-refractivity contribution is -0.156. The van der Waals surface area contributed by atoms with Gasteiger partial charge in [-0.25, -0.2) is 0 Å². The van der Waals surface area contributed by atoms with E-state index in [1.165, 1.54) is 54.4 Å². The van der Waals surface area contributed by atoms with E-state index in [4.69, 9.17) is 4.79 Å². The number of nitrogens with one attached hydrogen (secondary N) is 2. The molecule has 7 heteroatoms. The second-order valence-electron chi connectivity index (χ2n) is 9.71. The fourth-order valence-corrected chi connectivity index (χ4v) is 6.27. The van der Waals surface area contributed by atoms with E-state index in [-0.39, 0.29) is 5.41 Å². The number of aryl methyl sites for hydroxylation is 2. The van der Waals surface area contributed by atoms with Gasteiger partial charge in [-0.2, -0.15) is 13.2 Å². The van der Waals surface area contributed by atoms with Gasteiger partial charge in [0.2, 0.25) is 6.29 Å². The zero-order valence-corrected chi connectivity index (χ0v) is 19.1. The Kier molecular flexibility index (Phi) is 6.45. The Balaban J connectivity index is 0.000000385. The lowest BCUT2D eigenvalue weighted by Crippen LogP contribution is -2.59. The van der Waals surface area contributed by atoms with Gasteiger partial charge in [-0.1, -0.05) is 18.9 Å². The van der Waals surface area contributed by atoms with E-state index in [0.717, 1.165) is 30.3 Å². The molecular weight excluding hydrogens is 429 g/mol. The molecule has 3 N–H and O–H groups in total. The first-order valence-electron chi connectivity index (χ1n) is 11.6. The van der Waals surface area contributed by atoms with Crippen LogP contribution >= 0.6 is 0 Å². The number of carbonyl (C=O) groups excluding carboxylic acids is 1. The number of fused-ring (bicyclic) bond motifs is 1. The number of anilines is 2. The molecule has 5 rings (SSSR count). The first kappa shape index (κ1) is 23.6. The van der Waals surface area contributed by atoms with Crippen LogP contribution in [0.3, 0.4) is 0 Å². The molecular formula is C26H31F3N2O2. The molecule has 2 bridgehead atoms. The first-order chi connectivity index (χ1) is 15.6. The summed E-state index contributed by atoms with van der Waals surface area (Å²) in [4.78, 5) is 8.70. The van der Waals surface area contributed by atoms with Gasteiger partial charge in [-0.3, -0.25) is 4.79 Å². The summed E-state index contributed by atoms with van der Waals surface area (Å²) in [6.45, 7) is 5.34. The van der Waals surface area contributed by atoms with Crippen molar-refractivity contribution in [2.75, 3.05) is 11.9 Å². The van der Waals surface area contributed by atoms with E-state index in [0.29, 0.717) is 11.8 Å². The lowest BCUT2D eigenvalue weighted by atomic mass is 9.53. The van der Waals surface area contributed by atoms with Crippen LogP contribution in [-0.2, 0) is 16.6 Å². The van der Waals surface area contributed by atoms with Gasteiger partial charge >= 0.3 is 6.18 Å². The first-order valence-corrected chi connectivity index (χ1v) is 11.6. The van der Waals surface area contributed by atoms with Crippen LogP contribution in [0.2, 0.25) is 0 Å². The molecule has 2 fully saturated rings. The Bertz CT molecular complexity index is 1010. The van der Waals surface area contributed by atoms with Crippen molar-refractivity contribution in [3.05, 3.63) is 52.6 Å². The number of aldehydes is 1. The number of phenols is 1. The van der Waals surface area contributed by atoms with Crippen molar-refractivity contribution in [3.8, 4) is 5.75 Å². The highest BCUT2D eigenvalue weighted by molar-refractivity contribution is 5.69. The smallest absolute Gasteiger partial charge is 0.446 e. The lowest BCUT2D eigenvalue weighted by Gasteiger charge is -2.56. The minimum Gasteiger partial charge on any atom is -0.506 e. The molecule has 1 aliphatic heterocycles.